The summed E-state index contributed by atoms with van der Waals surface area (Å²) in [6, 6.07) is 9.81. The molecule has 0 bridgehead atoms. The van der Waals surface area contributed by atoms with E-state index < -0.39 is 119 Å². The van der Waals surface area contributed by atoms with Crippen molar-refractivity contribution in [3.63, 3.8) is 0 Å². The van der Waals surface area contributed by atoms with Crippen LogP contribution in [0.15, 0.2) is 48.0 Å². The summed E-state index contributed by atoms with van der Waals surface area (Å²) in [6.45, 7) is 14.8. The topological polar surface area (TPSA) is 343 Å². The standard InChI is InChI=1S/C42H62O16.C16H14O5/c1-37(2)21-8-11-42(7)31(20(43)16-18-19-17-39(4,36(53)54)13-12-38(19,3)14-15-41(18,42)6)40(21,5)10-9-22(37)55-35-30(26(47)25(46)29(57-35)33(51)52)58-34-27(48)23(44)24(45)28(56-34)32(49)50;1-20-13-6-5-9(7-12(13)18)14-8-10-3-2-4-11(17)15(10)16(19)21-14/h16,19,21-31,34-35,44-48H,8-15,17H2,1-7H3,(H,49,50)(H,51,52)(H,53,54);2-7,14,17-18H,8H2,1H3/t19-,21-,22-,23-,24-,25-,26-,27+,28-,29-,30+,31+,34-,35-,38+,39-,40-,41+,42+;14-/m01/s1. The van der Waals surface area contributed by atoms with E-state index in [0.717, 1.165) is 43.2 Å². The summed E-state index contributed by atoms with van der Waals surface area (Å²) in [5, 5.41) is 103. The van der Waals surface area contributed by atoms with E-state index in [1.54, 1.807) is 24.3 Å². The first-order valence-electron chi connectivity index (χ1n) is 27.2. The third-order valence-electron chi connectivity index (χ3n) is 20.8. The summed E-state index contributed by atoms with van der Waals surface area (Å²) in [5.41, 5.74) is -0.191. The Morgan fingerprint density at radius 1 is 0.696 bits per heavy atom. The van der Waals surface area contributed by atoms with Crippen LogP contribution in [0.25, 0.3) is 0 Å². The number of ether oxygens (including phenoxy) is 6. The zero-order valence-corrected chi connectivity index (χ0v) is 45.7. The van der Waals surface area contributed by atoms with Gasteiger partial charge in [-0.05, 0) is 139 Å². The average Bonchev–Trinajstić information content (AvgIpc) is 3.37. The molecule has 0 aromatic heterocycles. The molecule has 2 saturated heterocycles. The molecule has 4 saturated carbocycles. The van der Waals surface area contributed by atoms with Crippen molar-refractivity contribution in [1.82, 2.24) is 0 Å². The van der Waals surface area contributed by atoms with Crippen LogP contribution in [0.1, 0.15) is 134 Å². The lowest BCUT2D eigenvalue weighted by Gasteiger charge is -2.70. The number of ketones is 1. The Labute approximate surface area is 457 Å². The van der Waals surface area contributed by atoms with Gasteiger partial charge in [0.2, 0.25) is 0 Å². The molecule has 0 radical (unpaired) electrons. The highest BCUT2D eigenvalue weighted by molar-refractivity contribution is 5.96. The highest BCUT2D eigenvalue weighted by atomic mass is 16.8. The number of carboxylic acid groups (broad SMARTS) is 3. The third kappa shape index (κ3) is 9.51. The minimum absolute atomic E-state index is 0.00671. The van der Waals surface area contributed by atoms with Crippen molar-refractivity contribution in [2.75, 3.05) is 7.11 Å². The predicted octanol–water partition coefficient (Wildman–Crippen LogP) is 4.81. The molecule has 2 aromatic carbocycles. The molecule has 0 unspecified atom stereocenters. The molecule has 3 aliphatic heterocycles. The fraction of sp³-hybridized carbons (Fsp3) is 0.672. The summed E-state index contributed by atoms with van der Waals surface area (Å²) in [7, 11) is 1.47. The van der Waals surface area contributed by atoms with Crippen LogP contribution in [-0.4, -0.2) is 155 Å². The lowest BCUT2D eigenvalue weighted by atomic mass is 9.33. The van der Waals surface area contributed by atoms with Gasteiger partial charge in [0.15, 0.2) is 42.1 Å². The van der Waals surface area contributed by atoms with E-state index in [0.29, 0.717) is 43.4 Å². The molecule has 20 atom stereocenters. The number of aromatic hydroxyl groups is 2. The second-order valence-corrected chi connectivity index (χ2v) is 25.5. The van der Waals surface area contributed by atoms with Gasteiger partial charge >= 0.3 is 23.9 Å². The number of phenols is 2. The first-order valence-corrected chi connectivity index (χ1v) is 27.2. The van der Waals surface area contributed by atoms with E-state index >= 15 is 0 Å². The molecular formula is C58H76O21. The SMILES string of the molecule is CC1(C)[C@@H](O[C@H]2O[C@H](C(=O)O)[C@@H](O)[C@H](O)[C@H]2O[C@@H]2O[C@H](C(=O)O)[C@@H](O)[C@H](O)[C@H]2O)CC[C@]2(C)[C@H]3C(=O)C=C4[C@@H]5C[C@@](C)(C(=O)O)CC[C@]5(C)CC[C@@]4(C)[C@]3(C)CC[C@@H]12.COc1ccc([C@H]2Cc3cccc(O)c3C(=O)O2)cc1O. The van der Waals surface area contributed by atoms with Crippen molar-refractivity contribution in [3.05, 3.63) is 64.7 Å². The van der Waals surface area contributed by atoms with E-state index in [2.05, 4.69) is 27.7 Å². The Kier molecular flexibility index (Phi) is 15.3. The number of cyclic esters (lactones) is 1. The van der Waals surface area contributed by atoms with Crippen LogP contribution in [0, 0.1) is 50.2 Å². The third-order valence-corrected chi connectivity index (χ3v) is 20.8. The summed E-state index contributed by atoms with van der Waals surface area (Å²) in [4.78, 5) is 63.3. The number of hydrogen-bond acceptors (Lipinski definition) is 18. The first kappa shape index (κ1) is 58.4. The van der Waals surface area contributed by atoms with Gasteiger partial charge in [-0.25, -0.2) is 14.4 Å². The Bertz CT molecular complexity index is 2780. The van der Waals surface area contributed by atoms with Crippen molar-refractivity contribution in [3.8, 4) is 17.2 Å². The second-order valence-electron chi connectivity index (χ2n) is 25.5. The number of esters is 1. The normalized spacial score (nSPS) is 43.1. The van der Waals surface area contributed by atoms with Gasteiger partial charge in [0.1, 0.15) is 54.0 Å². The van der Waals surface area contributed by atoms with Gasteiger partial charge < -0.3 is 79.5 Å². The molecule has 79 heavy (non-hydrogen) atoms. The minimum atomic E-state index is -2.05. The number of aliphatic carboxylic acids is 3. The summed E-state index contributed by atoms with van der Waals surface area (Å²) in [6.07, 6.45) is -12.3. The van der Waals surface area contributed by atoms with Crippen LogP contribution in [0.2, 0.25) is 0 Å². The molecule has 6 fully saturated rings. The summed E-state index contributed by atoms with van der Waals surface area (Å²) >= 11 is 0. The highest BCUT2D eigenvalue weighted by Gasteiger charge is 2.71. The largest absolute Gasteiger partial charge is 0.507 e. The summed E-state index contributed by atoms with van der Waals surface area (Å²) < 4.78 is 33.7. The molecular weight excluding hydrogens is 1030 g/mol. The number of carboxylic acids is 3. The first-order chi connectivity index (χ1) is 36.9. The number of fused-ring (bicyclic) bond motifs is 8. The molecule has 0 amide bonds. The van der Waals surface area contributed by atoms with Crippen molar-refractivity contribution >= 4 is 29.7 Å². The Balaban J connectivity index is 0.000000300. The van der Waals surface area contributed by atoms with Gasteiger partial charge in [-0.1, -0.05) is 65.3 Å². The number of aliphatic hydroxyl groups is 5. The number of carbonyl (C=O) groups is 5. The molecule has 10 rings (SSSR count). The summed E-state index contributed by atoms with van der Waals surface area (Å²) in [5.74, 6) is -4.75. The molecule has 0 spiro atoms. The second kappa shape index (κ2) is 20.6. The number of benzene rings is 2. The molecule has 21 heteroatoms. The molecule has 2 aromatic rings. The van der Waals surface area contributed by atoms with Crippen LogP contribution >= 0.6 is 0 Å². The smallest absolute Gasteiger partial charge is 0.342 e. The van der Waals surface area contributed by atoms with Crippen molar-refractivity contribution in [2.24, 2.45) is 50.2 Å². The fourth-order valence-electron chi connectivity index (χ4n) is 15.9. The number of rotatable bonds is 9. The number of carbonyl (C=O) groups excluding carboxylic acids is 2. The molecule has 434 valence electrons. The molecule has 21 nitrogen and oxygen atoms in total. The molecule has 3 heterocycles. The number of phenolic OH excluding ortho intramolecular Hbond substituents is 2. The number of hydrogen-bond donors (Lipinski definition) is 10. The van der Waals surface area contributed by atoms with E-state index in [9.17, 15) is 75.0 Å². The molecule has 5 aliphatic carbocycles. The zero-order chi connectivity index (χ0) is 57.9. The van der Waals surface area contributed by atoms with E-state index in [1.807, 2.05) is 26.8 Å². The van der Waals surface area contributed by atoms with Crippen molar-refractivity contribution < 1.29 is 103 Å². The minimum Gasteiger partial charge on any atom is -0.507 e. The van der Waals surface area contributed by atoms with Crippen LogP contribution < -0.4 is 4.74 Å². The van der Waals surface area contributed by atoms with Crippen LogP contribution in [0.4, 0.5) is 0 Å². The predicted molar refractivity (Wildman–Crippen MR) is 274 cm³/mol. The molecule has 10 N–H and O–H groups in total. The maximum Gasteiger partial charge on any atom is 0.342 e. The van der Waals surface area contributed by atoms with E-state index in [-0.39, 0.29) is 51.4 Å². The number of allylic oxidation sites excluding steroid dienone is 2. The van der Waals surface area contributed by atoms with Crippen molar-refractivity contribution in [1.29, 1.82) is 0 Å². The van der Waals surface area contributed by atoms with Gasteiger partial charge in [-0.3, -0.25) is 9.59 Å². The zero-order valence-electron chi connectivity index (χ0n) is 45.7. The maximum absolute atomic E-state index is 14.8. The number of aliphatic hydroxyl groups excluding tert-OH is 5. The van der Waals surface area contributed by atoms with Crippen molar-refractivity contribution in [2.45, 2.75) is 186 Å². The highest BCUT2D eigenvalue weighted by Crippen LogP contribution is 2.75. The average molecular weight is 1110 g/mol. The Morgan fingerprint density at radius 3 is 1.97 bits per heavy atom. The van der Waals surface area contributed by atoms with Crippen LogP contribution in [-0.2, 0) is 49.3 Å². The lowest BCUT2D eigenvalue weighted by molar-refractivity contribution is -0.371. The molecule has 8 aliphatic rings. The Morgan fingerprint density at radius 2 is 1.34 bits per heavy atom. The monoisotopic (exact) mass is 1110 g/mol. The Hall–Kier alpha value is -5.23. The van der Waals surface area contributed by atoms with Crippen LogP contribution in [0.3, 0.4) is 0 Å². The van der Waals surface area contributed by atoms with Gasteiger partial charge in [0.25, 0.3) is 0 Å². The van der Waals surface area contributed by atoms with Crippen LogP contribution in [0.5, 0.6) is 17.2 Å². The van der Waals surface area contributed by atoms with Gasteiger partial charge in [0, 0.05) is 12.3 Å². The quantitative estimate of drug-likeness (QED) is 0.119. The van der Waals surface area contributed by atoms with Gasteiger partial charge in [-0.2, -0.15) is 0 Å². The van der Waals surface area contributed by atoms with E-state index in [1.165, 1.54) is 19.2 Å². The maximum atomic E-state index is 14.8. The number of methoxy groups -OCH3 is 1. The van der Waals surface area contributed by atoms with Gasteiger partial charge in [-0.15, -0.1) is 0 Å². The van der Waals surface area contributed by atoms with E-state index in [4.69, 9.17) is 28.4 Å². The fourth-order valence-corrected chi connectivity index (χ4v) is 15.9. The lowest BCUT2D eigenvalue weighted by Crippen LogP contribution is -2.68. The van der Waals surface area contributed by atoms with Gasteiger partial charge in [0.05, 0.1) is 18.6 Å².